The predicted molar refractivity (Wildman–Crippen MR) is 84.2 cm³/mol. The molecule has 0 aromatic heterocycles. The van der Waals surface area contributed by atoms with E-state index in [2.05, 4.69) is 0 Å². The van der Waals surface area contributed by atoms with Crippen LogP contribution in [0.5, 0.6) is 0 Å². The Bertz CT molecular complexity index is 958. The second-order valence-corrected chi connectivity index (χ2v) is 5.01. The number of benzene rings is 2. The fourth-order valence-electron chi connectivity index (χ4n) is 2.43. The Morgan fingerprint density at radius 1 is 0.577 bits per heavy atom. The number of carbonyl (C=O) groups excluding carboxylic acids is 1. The van der Waals surface area contributed by atoms with Gasteiger partial charge < -0.3 is 20.4 Å². The second kappa shape index (κ2) is 6.85. The third-order valence-electron chi connectivity index (χ3n) is 3.48. The van der Waals surface area contributed by atoms with Gasteiger partial charge in [0.2, 0.25) is 0 Å². The highest BCUT2D eigenvalue weighted by Gasteiger charge is 2.34. The summed E-state index contributed by atoms with van der Waals surface area (Å²) in [4.78, 5) is 58.4. The summed E-state index contributed by atoms with van der Waals surface area (Å²) in [7, 11) is 0. The zero-order valence-corrected chi connectivity index (χ0v) is 12.8. The van der Waals surface area contributed by atoms with Crippen LogP contribution in [0.25, 0.3) is 0 Å². The van der Waals surface area contributed by atoms with Crippen molar-refractivity contribution in [2.75, 3.05) is 0 Å². The summed E-state index contributed by atoms with van der Waals surface area (Å²) in [6, 6.07) is 7.72. The molecule has 2 aromatic rings. The van der Waals surface area contributed by atoms with Gasteiger partial charge in [-0.2, -0.15) is 0 Å². The molecule has 2 rings (SSSR count). The van der Waals surface area contributed by atoms with E-state index in [4.69, 9.17) is 0 Å². The van der Waals surface area contributed by atoms with Crippen molar-refractivity contribution < 1.29 is 44.4 Å². The number of carboxylic acid groups (broad SMARTS) is 4. The maximum absolute atomic E-state index is 12.6. The maximum atomic E-state index is 12.6. The third-order valence-corrected chi connectivity index (χ3v) is 3.48. The molecule has 0 bridgehead atoms. The Morgan fingerprint density at radius 2 is 1.04 bits per heavy atom. The van der Waals surface area contributed by atoms with Gasteiger partial charge in [-0.1, -0.05) is 30.3 Å². The fourth-order valence-corrected chi connectivity index (χ4v) is 2.43. The zero-order valence-electron chi connectivity index (χ0n) is 12.8. The van der Waals surface area contributed by atoms with E-state index in [9.17, 15) is 44.4 Å². The monoisotopic (exact) mass is 358 g/mol. The molecule has 0 atom stereocenters. The fraction of sp³-hybridized carbons (Fsp3) is 0. The molecule has 0 amide bonds. The summed E-state index contributed by atoms with van der Waals surface area (Å²) in [5.74, 6) is -8.57. The molecule has 0 heterocycles. The molecule has 0 aliphatic rings. The Morgan fingerprint density at radius 3 is 1.46 bits per heavy atom. The first-order valence-electron chi connectivity index (χ1n) is 6.90. The minimum absolute atomic E-state index is 0.0225. The highest BCUT2D eigenvalue weighted by atomic mass is 16.4. The summed E-state index contributed by atoms with van der Waals surface area (Å²) in [6.45, 7) is 0. The summed E-state index contributed by atoms with van der Waals surface area (Å²) in [6.07, 6.45) is 0. The molecule has 9 nitrogen and oxygen atoms in total. The number of ketones is 1. The standard InChI is InChI=1S/C17H10O9/c18-13(7-4-2-1-3-5-7)8-6-9(14(19)20)11(16(23)24)12(17(25)26)10(8)15(21)22/h1-6H,(H,19,20)(H,21,22)(H,23,24)(H,25,26). The minimum Gasteiger partial charge on any atom is -0.478 e. The van der Waals surface area contributed by atoms with Crippen LogP contribution in [-0.4, -0.2) is 50.1 Å². The molecule has 0 aliphatic carbocycles. The predicted octanol–water partition coefficient (Wildman–Crippen LogP) is 1.71. The van der Waals surface area contributed by atoms with E-state index in [-0.39, 0.29) is 5.56 Å². The van der Waals surface area contributed by atoms with E-state index in [0.29, 0.717) is 6.07 Å². The van der Waals surface area contributed by atoms with Gasteiger partial charge in [0.25, 0.3) is 0 Å². The lowest BCUT2D eigenvalue weighted by molar-refractivity contribution is 0.0618. The summed E-state index contributed by atoms with van der Waals surface area (Å²) < 4.78 is 0. The van der Waals surface area contributed by atoms with E-state index in [1.54, 1.807) is 6.07 Å². The van der Waals surface area contributed by atoms with Crippen molar-refractivity contribution in [2.24, 2.45) is 0 Å². The topological polar surface area (TPSA) is 166 Å². The first-order valence-corrected chi connectivity index (χ1v) is 6.90. The van der Waals surface area contributed by atoms with Crippen molar-refractivity contribution in [3.05, 3.63) is 69.8 Å². The van der Waals surface area contributed by atoms with Crippen molar-refractivity contribution >= 4 is 29.7 Å². The van der Waals surface area contributed by atoms with Gasteiger partial charge in [0, 0.05) is 11.1 Å². The number of aromatic carboxylic acids is 4. The van der Waals surface area contributed by atoms with Crippen LogP contribution in [0.2, 0.25) is 0 Å². The van der Waals surface area contributed by atoms with Crippen molar-refractivity contribution in [2.45, 2.75) is 0 Å². The van der Waals surface area contributed by atoms with Crippen LogP contribution in [0.3, 0.4) is 0 Å². The average molecular weight is 358 g/mol. The molecular formula is C17H10O9. The van der Waals surface area contributed by atoms with Crippen LogP contribution in [0.15, 0.2) is 36.4 Å². The summed E-state index contributed by atoms with van der Waals surface area (Å²) >= 11 is 0. The number of carboxylic acids is 4. The smallest absolute Gasteiger partial charge is 0.337 e. The van der Waals surface area contributed by atoms with Crippen molar-refractivity contribution in [1.29, 1.82) is 0 Å². The van der Waals surface area contributed by atoms with Gasteiger partial charge in [-0.3, -0.25) is 4.79 Å². The van der Waals surface area contributed by atoms with Crippen LogP contribution in [0.1, 0.15) is 57.4 Å². The Labute approximate surface area is 144 Å². The van der Waals surface area contributed by atoms with Gasteiger partial charge in [0.15, 0.2) is 5.78 Å². The molecule has 0 fully saturated rings. The van der Waals surface area contributed by atoms with Crippen LogP contribution in [0.4, 0.5) is 0 Å². The van der Waals surface area contributed by atoms with Crippen LogP contribution in [-0.2, 0) is 0 Å². The first kappa shape index (κ1) is 18.3. The highest BCUT2D eigenvalue weighted by molar-refractivity contribution is 6.21. The lowest BCUT2D eigenvalue weighted by atomic mass is 9.88. The first-order chi connectivity index (χ1) is 12.2. The van der Waals surface area contributed by atoms with Gasteiger partial charge in [0.05, 0.1) is 22.3 Å². The number of hydrogen-bond donors (Lipinski definition) is 4. The Kier molecular flexibility index (Phi) is 4.83. The van der Waals surface area contributed by atoms with Crippen LogP contribution < -0.4 is 0 Å². The number of carbonyl (C=O) groups is 5. The zero-order chi connectivity index (χ0) is 19.6. The quantitative estimate of drug-likeness (QED) is 0.562. The van der Waals surface area contributed by atoms with Gasteiger partial charge in [0.1, 0.15) is 0 Å². The molecule has 2 aromatic carbocycles. The summed E-state index contributed by atoms with van der Waals surface area (Å²) in [5.41, 5.74) is -5.33. The lowest BCUT2D eigenvalue weighted by Gasteiger charge is -2.14. The third kappa shape index (κ3) is 3.13. The number of rotatable bonds is 6. The van der Waals surface area contributed by atoms with Crippen LogP contribution in [0, 0.1) is 0 Å². The van der Waals surface area contributed by atoms with Gasteiger partial charge in [-0.05, 0) is 6.07 Å². The van der Waals surface area contributed by atoms with Gasteiger partial charge >= 0.3 is 23.9 Å². The van der Waals surface area contributed by atoms with Crippen molar-refractivity contribution in [3.63, 3.8) is 0 Å². The molecule has 0 aliphatic heterocycles. The van der Waals surface area contributed by atoms with E-state index in [1.165, 1.54) is 24.3 Å². The van der Waals surface area contributed by atoms with E-state index in [0.717, 1.165) is 0 Å². The molecular weight excluding hydrogens is 348 g/mol. The van der Waals surface area contributed by atoms with Gasteiger partial charge in [-0.25, -0.2) is 19.2 Å². The molecule has 9 heteroatoms. The molecule has 0 spiro atoms. The molecule has 4 N–H and O–H groups in total. The van der Waals surface area contributed by atoms with Crippen molar-refractivity contribution in [3.8, 4) is 0 Å². The molecule has 0 unspecified atom stereocenters. The highest BCUT2D eigenvalue weighted by Crippen LogP contribution is 2.27. The largest absolute Gasteiger partial charge is 0.478 e. The van der Waals surface area contributed by atoms with E-state index >= 15 is 0 Å². The minimum atomic E-state index is -1.98. The summed E-state index contributed by atoms with van der Waals surface area (Å²) in [5, 5.41) is 37.1. The van der Waals surface area contributed by atoms with E-state index < -0.39 is 57.5 Å². The maximum Gasteiger partial charge on any atom is 0.337 e. The Hall–Kier alpha value is -4.01. The normalized spacial score (nSPS) is 10.2. The average Bonchev–Trinajstić information content (AvgIpc) is 2.59. The van der Waals surface area contributed by atoms with Crippen molar-refractivity contribution in [1.82, 2.24) is 0 Å². The SMILES string of the molecule is O=C(O)c1cc(C(=O)c2ccccc2)c(C(=O)O)c(C(=O)O)c1C(=O)O. The second-order valence-electron chi connectivity index (χ2n) is 5.01. The lowest BCUT2D eigenvalue weighted by Crippen LogP contribution is -2.23. The molecule has 26 heavy (non-hydrogen) atoms. The molecule has 0 radical (unpaired) electrons. The molecule has 0 saturated carbocycles. The number of hydrogen-bond acceptors (Lipinski definition) is 5. The van der Waals surface area contributed by atoms with Gasteiger partial charge in [-0.15, -0.1) is 0 Å². The van der Waals surface area contributed by atoms with E-state index in [1.807, 2.05) is 0 Å². The molecule has 0 saturated heterocycles. The Balaban J connectivity index is 2.99. The van der Waals surface area contributed by atoms with Crippen LogP contribution >= 0.6 is 0 Å². The molecule has 132 valence electrons.